The van der Waals surface area contributed by atoms with Gasteiger partial charge in [-0.25, -0.2) is 0 Å². The molecule has 0 atom stereocenters. The third-order valence-corrected chi connectivity index (χ3v) is 5.85. The monoisotopic (exact) mass is 534 g/mol. The SMILES string of the molecule is [Cl-].[Cl-].[Hf+2]=[C]1CCC1.c1ccc2[cH-]ccc2c1.c1ccc2[cH-]ccc2c1. The Kier molecular flexibility index (Phi) is 10.2. The van der Waals surface area contributed by atoms with Gasteiger partial charge in [-0.15, -0.1) is 59.3 Å². The van der Waals surface area contributed by atoms with Gasteiger partial charge in [-0.2, -0.15) is 35.0 Å². The molecule has 4 aromatic carbocycles. The molecule has 0 nitrogen and oxygen atoms in total. The molecule has 1 aliphatic carbocycles. The number of fused-ring (bicyclic) bond motifs is 2. The Labute approximate surface area is 176 Å². The molecule has 1 saturated carbocycles. The van der Waals surface area contributed by atoms with Gasteiger partial charge in [0.05, 0.1) is 0 Å². The third kappa shape index (κ3) is 6.66. The molecule has 4 aromatic rings. The van der Waals surface area contributed by atoms with E-state index in [2.05, 4.69) is 84.9 Å². The second-order valence-corrected chi connectivity index (χ2v) is 8.31. The van der Waals surface area contributed by atoms with Crippen LogP contribution in [-0.4, -0.2) is 3.26 Å². The van der Waals surface area contributed by atoms with E-state index in [1.54, 1.807) is 0 Å². The summed E-state index contributed by atoms with van der Waals surface area (Å²) < 4.78 is 1.82. The first kappa shape index (κ1) is 22.0. The Morgan fingerprint density at radius 1 is 0.640 bits per heavy atom. The van der Waals surface area contributed by atoms with Crippen molar-refractivity contribution in [3.05, 3.63) is 84.9 Å². The van der Waals surface area contributed by atoms with Crippen LogP contribution in [0.4, 0.5) is 0 Å². The fraction of sp³-hybridized carbons (Fsp3) is 0.136. The maximum absolute atomic E-state index is 2.12. The average Bonchev–Trinajstić information content (AvgIpc) is 3.22. The van der Waals surface area contributed by atoms with Gasteiger partial charge in [0.25, 0.3) is 0 Å². The number of hydrogen-bond acceptors (Lipinski definition) is 0. The molecule has 0 aliphatic heterocycles. The molecule has 0 unspecified atom stereocenters. The fourth-order valence-corrected chi connectivity index (χ4v) is 3.76. The van der Waals surface area contributed by atoms with Gasteiger partial charge >= 0.3 is 46.4 Å². The van der Waals surface area contributed by atoms with Gasteiger partial charge in [-0.3, -0.25) is 0 Å². The quantitative estimate of drug-likeness (QED) is 0.221. The van der Waals surface area contributed by atoms with E-state index < -0.39 is 0 Å². The Balaban J connectivity index is 0.000000187. The number of halogens is 2. The van der Waals surface area contributed by atoms with E-state index in [9.17, 15) is 0 Å². The van der Waals surface area contributed by atoms with Crippen molar-refractivity contribution in [2.75, 3.05) is 0 Å². The van der Waals surface area contributed by atoms with Crippen LogP contribution in [0.25, 0.3) is 21.5 Å². The smallest absolute Gasteiger partial charge is 0.0809 e. The van der Waals surface area contributed by atoms with Crippen LogP contribution in [0.3, 0.4) is 0 Å². The predicted octanol–water partition coefficient (Wildman–Crippen LogP) is 0.0149. The largest absolute Gasteiger partial charge is 0.168 e. The maximum atomic E-state index is 2.12. The maximum Gasteiger partial charge on any atom is -0.0809 e. The molecule has 25 heavy (non-hydrogen) atoms. The topological polar surface area (TPSA) is 0 Å². The Hall–Kier alpha value is -1.02. The molecule has 1 aliphatic rings. The molecule has 3 heteroatoms. The summed E-state index contributed by atoms with van der Waals surface area (Å²) in [6.45, 7) is 0. The van der Waals surface area contributed by atoms with E-state index in [0.717, 1.165) is 0 Å². The fourth-order valence-electron chi connectivity index (χ4n) is 2.49. The van der Waals surface area contributed by atoms with Crippen LogP contribution in [0.5, 0.6) is 0 Å². The van der Waals surface area contributed by atoms with Gasteiger partial charge in [-0.1, -0.05) is 12.1 Å². The van der Waals surface area contributed by atoms with Crippen molar-refractivity contribution >= 4 is 24.8 Å². The Morgan fingerprint density at radius 2 is 1.04 bits per heavy atom. The van der Waals surface area contributed by atoms with Crippen molar-refractivity contribution in [2.45, 2.75) is 19.3 Å². The van der Waals surface area contributed by atoms with E-state index in [-0.39, 0.29) is 24.8 Å². The minimum Gasteiger partial charge on any atom is -0.168 e. The van der Waals surface area contributed by atoms with Gasteiger partial charge in [0.15, 0.2) is 0 Å². The summed E-state index contributed by atoms with van der Waals surface area (Å²) in [4.78, 5) is 0. The summed E-state index contributed by atoms with van der Waals surface area (Å²) in [7, 11) is 0. The molecule has 0 amide bonds. The van der Waals surface area contributed by atoms with Gasteiger partial charge in [0, 0.05) is 0 Å². The van der Waals surface area contributed by atoms with Crippen molar-refractivity contribution < 1.29 is 48.7 Å². The van der Waals surface area contributed by atoms with Crippen LogP contribution in [-0.2, 0) is 23.9 Å². The van der Waals surface area contributed by atoms with E-state index in [4.69, 9.17) is 0 Å². The molecule has 0 spiro atoms. The zero-order valence-corrected chi connectivity index (χ0v) is 19.1. The second kappa shape index (κ2) is 11.6. The van der Waals surface area contributed by atoms with Gasteiger partial charge in [0.1, 0.15) is 0 Å². The summed E-state index contributed by atoms with van der Waals surface area (Å²) in [5.74, 6) is 0. The molecular formula is C22H20Cl2Hf-2. The molecule has 0 heterocycles. The van der Waals surface area contributed by atoms with Gasteiger partial charge in [0.2, 0.25) is 0 Å². The summed E-state index contributed by atoms with van der Waals surface area (Å²) in [6.07, 6.45) is 4.41. The minimum absolute atomic E-state index is 0. The molecule has 0 saturated heterocycles. The number of benzene rings is 2. The number of rotatable bonds is 0. The van der Waals surface area contributed by atoms with Crippen LogP contribution in [0.1, 0.15) is 19.3 Å². The summed E-state index contributed by atoms with van der Waals surface area (Å²) in [5.41, 5.74) is 0. The van der Waals surface area contributed by atoms with Crippen LogP contribution in [0.15, 0.2) is 84.9 Å². The second-order valence-electron chi connectivity index (χ2n) is 5.77. The van der Waals surface area contributed by atoms with Crippen molar-refractivity contribution in [2.24, 2.45) is 0 Å². The Bertz CT molecular complexity index is 756. The van der Waals surface area contributed by atoms with Crippen LogP contribution in [0.2, 0.25) is 0 Å². The first-order valence-electron chi connectivity index (χ1n) is 8.10. The first-order valence-corrected chi connectivity index (χ1v) is 9.90. The van der Waals surface area contributed by atoms with Crippen LogP contribution < -0.4 is 24.8 Å². The zero-order chi connectivity index (χ0) is 15.9. The molecule has 0 bridgehead atoms. The molecule has 0 aromatic heterocycles. The van der Waals surface area contributed by atoms with Gasteiger partial charge < -0.3 is 24.8 Å². The molecule has 1 fully saturated rings. The van der Waals surface area contributed by atoms with Crippen LogP contribution in [0, 0.1) is 0 Å². The molecular weight excluding hydrogens is 514 g/mol. The standard InChI is InChI=1S/2C9H7.C4H6.2ClH.Hf/c2*1-2-5-9-7-3-6-8(9)4-1;1-2-4-3-1;;;/h2*1-7H;1-3H2;2*1H;/q2*-1;;;;+2/p-2. The molecule has 128 valence electrons. The Morgan fingerprint density at radius 3 is 1.36 bits per heavy atom. The minimum atomic E-state index is 0. The average molecular weight is 534 g/mol. The molecule has 0 radical (unpaired) electrons. The van der Waals surface area contributed by atoms with E-state index in [1.807, 2.05) is 3.26 Å². The van der Waals surface area contributed by atoms with E-state index in [0.29, 0.717) is 0 Å². The summed E-state index contributed by atoms with van der Waals surface area (Å²) in [5, 5.41) is 5.32. The van der Waals surface area contributed by atoms with Crippen molar-refractivity contribution in [3.63, 3.8) is 0 Å². The summed E-state index contributed by atoms with van der Waals surface area (Å²) >= 11 is 1.37. The number of hydrogen-bond donors (Lipinski definition) is 0. The first-order chi connectivity index (χ1) is 11.3. The van der Waals surface area contributed by atoms with Gasteiger partial charge in [-0.05, 0) is 0 Å². The molecule has 5 rings (SSSR count). The van der Waals surface area contributed by atoms with Crippen LogP contribution >= 0.6 is 0 Å². The third-order valence-electron chi connectivity index (χ3n) is 4.05. The van der Waals surface area contributed by atoms with E-state index >= 15 is 0 Å². The molecule has 0 N–H and O–H groups in total. The summed E-state index contributed by atoms with van der Waals surface area (Å²) in [6, 6.07) is 29.3. The van der Waals surface area contributed by atoms with E-state index in [1.165, 1.54) is 64.7 Å². The normalized spacial score (nSPS) is 11.8. The zero-order valence-electron chi connectivity index (χ0n) is 14.0. The van der Waals surface area contributed by atoms with Crippen molar-refractivity contribution in [3.8, 4) is 0 Å². The van der Waals surface area contributed by atoms with Crippen molar-refractivity contribution in [1.82, 2.24) is 0 Å². The predicted molar refractivity (Wildman–Crippen MR) is 97.9 cm³/mol. The van der Waals surface area contributed by atoms with Crippen molar-refractivity contribution in [1.29, 1.82) is 0 Å².